The molecule has 0 aliphatic carbocycles. The van der Waals surface area contributed by atoms with Crippen molar-refractivity contribution in [2.45, 2.75) is 53.6 Å². The minimum Gasteiger partial charge on any atom is -0.481 e. The first-order chi connectivity index (χ1) is 9.77. The van der Waals surface area contributed by atoms with Crippen LogP contribution >= 0.6 is 0 Å². The van der Waals surface area contributed by atoms with Gasteiger partial charge in [0.25, 0.3) is 0 Å². The molecule has 0 aliphatic heterocycles. The van der Waals surface area contributed by atoms with Gasteiger partial charge in [-0.1, -0.05) is 48.5 Å². The van der Waals surface area contributed by atoms with Crippen LogP contribution in [-0.4, -0.2) is 22.3 Å². The van der Waals surface area contributed by atoms with Crippen LogP contribution in [0.15, 0.2) is 47.1 Å². The summed E-state index contributed by atoms with van der Waals surface area (Å²) >= 11 is 0. The molecule has 0 amide bonds. The lowest BCUT2D eigenvalue weighted by atomic mass is 9.96. The zero-order chi connectivity index (χ0) is 16.4. The molecule has 0 bridgehead atoms. The summed E-state index contributed by atoms with van der Waals surface area (Å²) in [6.07, 6.45) is 10.1. The molecule has 0 saturated carbocycles. The largest absolute Gasteiger partial charge is 0.481 e. The van der Waals surface area contributed by atoms with Crippen molar-refractivity contribution >= 4 is 5.97 Å². The van der Waals surface area contributed by atoms with E-state index in [0.717, 1.165) is 23.1 Å². The summed E-state index contributed by atoms with van der Waals surface area (Å²) in [7, 11) is 0. The molecule has 0 aromatic heterocycles. The Hall–Kier alpha value is -1.61. The van der Waals surface area contributed by atoms with Gasteiger partial charge >= 0.3 is 5.97 Å². The van der Waals surface area contributed by atoms with Gasteiger partial charge in [-0.3, -0.25) is 4.79 Å². The Kier molecular flexibility index (Phi) is 9.39. The number of aliphatic carboxylic acids is 1. The van der Waals surface area contributed by atoms with E-state index in [0.29, 0.717) is 0 Å². The summed E-state index contributed by atoms with van der Waals surface area (Å²) in [6, 6.07) is 0. The molecule has 118 valence electrons. The van der Waals surface area contributed by atoms with Gasteiger partial charge in [-0.2, -0.15) is 0 Å². The molecule has 3 heteroatoms. The molecule has 3 nitrogen and oxygen atoms in total. The van der Waals surface area contributed by atoms with Crippen LogP contribution in [0.5, 0.6) is 0 Å². The van der Waals surface area contributed by atoms with E-state index in [-0.39, 0.29) is 12.3 Å². The first-order valence-electron chi connectivity index (χ1n) is 7.31. The third-order valence-corrected chi connectivity index (χ3v) is 3.39. The van der Waals surface area contributed by atoms with Gasteiger partial charge in [0.15, 0.2) is 0 Å². The first-order valence-corrected chi connectivity index (χ1v) is 7.31. The molecule has 21 heavy (non-hydrogen) atoms. The van der Waals surface area contributed by atoms with Crippen molar-refractivity contribution in [1.82, 2.24) is 0 Å². The normalized spacial score (nSPS) is 17.1. The molecule has 0 unspecified atom stereocenters. The van der Waals surface area contributed by atoms with E-state index in [9.17, 15) is 9.90 Å². The van der Waals surface area contributed by atoms with E-state index in [1.54, 1.807) is 6.08 Å². The van der Waals surface area contributed by atoms with Crippen LogP contribution in [0.3, 0.4) is 0 Å². The summed E-state index contributed by atoms with van der Waals surface area (Å²) in [6.45, 7) is 9.77. The fourth-order valence-corrected chi connectivity index (χ4v) is 1.92. The van der Waals surface area contributed by atoms with Crippen LogP contribution in [0, 0.1) is 5.92 Å². The first kappa shape index (κ1) is 19.4. The second-order valence-corrected chi connectivity index (χ2v) is 5.50. The molecule has 2 atom stereocenters. The number of hydrogen-bond acceptors (Lipinski definition) is 2. The fourth-order valence-electron chi connectivity index (χ4n) is 1.92. The number of carbonyl (C=O) groups is 1. The zero-order valence-corrected chi connectivity index (χ0v) is 13.8. The highest BCUT2D eigenvalue weighted by molar-refractivity contribution is 5.68. The molecule has 0 aromatic carbocycles. The lowest BCUT2D eigenvalue weighted by Gasteiger charge is -2.16. The molecule has 0 fully saturated rings. The van der Waals surface area contributed by atoms with Crippen molar-refractivity contribution in [3.8, 4) is 0 Å². The fraction of sp³-hybridized carbons (Fsp3) is 0.500. The number of allylic oxidation sites excluding steroid dienone is 5. The van der Waals surface area contributed by atoms with Crippen LogP contribution in [0.2, 0.25) is 0 Å². The van der Waals surface area contributed by atoms with Gasteiger partial charge in [0, 0.05) is 5.92 Å². The SMILES string of the molecule is C/C=C(\C)[C@H](O)[C@H](C)/C=C(C)/C=C/C/C(C)=C/CC(=O)O. The number of rotatable bonds is 8. The molecule has 0 saturated heterocycles. The maximum absolute atomic E-state index is 10.5. The van der Waals surface area contributed by atoms with Crippen molar-refractivity contribution in [2.24, 2.45) is 5.92 Å². The van der Waals surface area contributed by atoms with Crippen molar-refractivity contribution < 1.29 is 15.0 Å². The Morgan fingerprint density at radius 2 is 1.81 bits per heavy atom. The highest BCUT2D eigenvalue weighted by atomic mass is 16.4. The predicted octanol–water partition coefficient (Wildman–Crippen LogP) is 4.26. The number of aliphatic hydroxyl groups is 1. The maximum atomic E-state index is 10.5. The van der Waals surface area contributed by atoms with Crippen molar-refractivity contribution in [1.29, 1.82) is 0 Å². The van der Waals surface area contributed by atoms with Gasteiger partial charge in [0.05, 0.1) is 12.5 Å². The molecular weight excluding hydrogens is 264 g/mol. The number of hydrogen-bond donors (Lipinski definition) is 2. The highest BCUT2D eigenvalue weighted by Gasteiger charge is 2.12. The van der Waals surface area contributed by atoms with E-state index in [2.05, 4.69) is 0 Å². The lowest BCUT2D eigenvalue weighted by molar-refractivity contribution is -0.136. The summed E-state index contributed by atoms with van der Waals surface area (Å²) in [4.78, 5) is 10.5. The van der Waals surface area contributed by atoms with E-state index in [1.165, 1.54) is 0 Å². The third kappa shape index (κ3) is 9.03. The molecular formula is C18H28O3. The number of carboxylic acids is 1. The summed E-state index contributed by atoms with van der Waals surface area (Å²) < 4.78 is 0. The van der Waals surface area contributed by atoms with Gasteiger partial charge in [0.1, 0.15) is 0 Å². The average molecular weight is 292 g/mol. The quantitative estimate of drug-likeness (QED) is 0.519. The van der Waals surface area contributed by atoms with Crippen LogP contribution < -0.4 is 0 Å². The molecule has 0 aliphatic rings. The average Bonchev–Trinajstić information content (AvgIpc) is 2.43. The van der Waals surface area contributed by atoms with Crippen molar-refractivity contribution in [3.05, 3.63) is 47.1 Å². The molecule has 2 N–H and O–H groups in total. The Morgan fingerprint density at radius 1 is 1.19 bits per heavy atom. The van der Waals surface area contributed by atoms with Crippen LogP contribution in [0.25, 0.3) is 0 Å². The summed E-state index contributed by atoms with van der Waals surface area (Å²) in [5.41, 5.74) is 3.11. The minimum absolute atomic E-state index is 0.0644. The lowest BCUT2D eigenvalue weighted by Crippen LogP contribution is -2.17. The Morgan fingerprint density at radius 3 is 2.33 bits per heavy atom. The molecule has 0 aromatic rings. The predicted molar refractivity (Wildman–Crippen MR) is 88.1 cm³/mol. The molecule has 0 rings (SSSR count). The van der Waals surface area contributed by atoms with Gasteiger partial charge < -0.3 is 10.2 Å². The topological polar surface area (TPSA) is 57.5 Å². The second-order valence-electron chi connectivity index (χ2n) is 5.50. The molecule has 0 spiro atoms. The van der Waals surface area contributed by atoms with Crippen LogP contribution in [0.4, 0.5) is 0 Å². The van der Waals surface area contributed by atoms with Crippen LogP contribution in [-0.2, 0) is 4.79 Å². The van der Waals surface area contributed by atoms with E-state index >= 15 is 0 Å². The number of carboxylic acid groups (broad SMARTS) is 1. The maximum Gasteiger partial charge on any atom is 0.307 e. The summed E-state index contributed by atoms with van der Waals surface area (Å²) in [5, 5.41) is 18.7. The van der Waals surface area contributed by atoms with Gasteiger partial charge in [-0.25, -0.2) is 0 Å². The monoisotopic (exact) mass is 292 g/mol. The van der Waals surface area contributed by atoms with Crippen molar-refractivity contribution in [3.63, 3.8) is 0 Å². The molecule has 0 radical (unpaired) electrons. The summed E-state index contributed by atoms with van der Waals surface area (Å²) in [5.74, 6) is -0.744. The van der Waals surface area contributed by atoms with Gasteiger partial charge in [0.2, 0.25) is 0 Å². The van der Waals surface area contributed by atoms with Crippen LogP contribution in [0.1, 0.15) is 47.5 Å². The standard InChI is InChI=1S/C18H28O3/c1-6-15(4)18(21)16(5)12-14(3)9-7-8-13(2)10-11-17(19)20/h6-7,9-10,12,16,18,21H,8,11H2,1-5H3,(H,19,20)/b9-7+,13-10+,14-12+,15-6+/t16-,18+/m1/s1. The number of aliphatic hydroxyl groups excluding tert-OH is 1. The molecule has 0 heterocycles. The second kappa shape index (κ2) is 10.2. The van der Waals surface area contributed by atoms with E-state index in [1.807, 2.05) is 58.9 Å². The van der Waals surface area contributed by atoms with Gasteiger partial charge in [-0.05, 0) is 39.7 Å². The van der Waals surface area contributed by atoms with Gasteiger partial charge in [-0.15, -0.1) is 0 Å². The Labute approximate surface area is 128 Å². The highest BCUT2D eigenvalue weighted by Crippen LogP contribution is 2.16. The Bertz CT molecular complexity index is 453. The van der Waals surface area contributed by atoms with E-state index < -0.39 is 12.1 Å². The minimum atomic E-state index is -0.809. The zero-order valence-electron chi connectivity index (χ0n) is 13.8. The third-order valence-electron chi connectivity index (χ3n) is 3.39. The van der Waals surface area contributed by atoms with E-state index in [4.69, 9.17) is 5.11 Å². The smallest absolute Gasteiger partial charge is 0.307 e. The Balaban J connectivity index is 4.50. The van der Waals surface area contributed by atoms with Crippen molar-refractivity contribution in [2.75, 3.05) is 0 Å².